The van der Waals surface area contributed by atoms with E-state index in [1.54, 1.807) is 0 Å². The second kappa shape index (κ2) is 32.3. The van der Waals surface area contributed by atoms with E-state index >= 15 is 0 Å². The van der Waals surface area contributed by atoms with E-state index in [1.165, 1.54) is 51.4 Å². The lowest BCUT2D eigenvalue weighted by Crippen LogP contribution is -2.27. The predicted octanol–water partition coefficient (Wildman–Crippen LogP) is 6.92. The minimum atomic E-state index is -0.0233. The molecule has 0 spiro atoms. The lowest BCUT2D eigenvalue weighted by molar-refractivity contribution is -0.0700. The Morgan fingerprint density at radius 3 is 1.42 bits per heavy atom. The van der Waals surface area contributed by atoms with E-state index in [2.05, 4.69) is 20.1 Å². The van der Waals surface area contributed by atoms with Gasteiger partial charge in [0.25, 0.3) is 0 Å². The Labute approximate surface area is 223 Å². The van der Waals surface area contributed by atoms with Crippen molar-refractivity contribution in [2.24, 2.45) is 0 Å². The highest BCUT2D eigenvalue weighted by Crippen LogP contribution is 2.08. The molecule has 36 heavy (non-hydrogen) atoms. The Morgan fingerprint density at radius 1 is 0.472 bits per heavy atom. The van der Waals surface area contributed by atoms with Gasteiger partial charge < -0.3 is 28.4 Å². The van der Waals surface area contributed by atoms with Crippen molar-refractivity contribution in [3.8, 4) is 0 Å². The third-order valence-electron chi connectivity index (χ3n) is 5.68. The average Bonchev–Trinajstić information content (AvgIpc) is 2.89. The molecule has 0 bridgehead atoms. The third kappa shape index (κ3) is 29.5. The van der Waals surface area contributed by atoms with Gasteiger partial charge in [-0.2, -0.15) is 0 Å². The van der Waals surface area contributed by atoms with Crippen LogP contribution in [0.5, 0.6) is 0 Å². The van der Waals surface area contributed by atoms with E-state index in [-0.39, 0.29) is 6.10 Å². The number of hydrogen-bond donors (Lipinski definition) is 0. The molecule has 6 nitrogen and oxygen atoms in total. The summed E-state index contributed by atoms with van der Waals surface area (Å²) < 4.78 is 34.3. The molecule has 0 amide bonds. The zero-order valence-electron chi connectivity index (χ0n) is 23.6. The molecule has 0 saturated carbocycles. The summed E-state index contributed by atoms with van der Waals surface area (Å²) in [5, 5.41) is 0. The van der Waals surface area contributed by atoms with Gasteiger partial charge in [-0.1, -0.05) is 57.6 Å². The van der Waals surface area contributed by atoms with Crippen molar-refractivity contribution in [3.63, 3.8) is 0 Å². The van der Waals surface area contributed by atoms with E-state index in [0.29, 0.717) is 52.9 Å². The molecule has 0 radical (unpaired) electrons. The second-order valence-electron chi connectivity index (χ2n) is 9.17. The molecule has 0 aromatic rings. The van der Waals surface area contributed by atoms with E-state index in [1.807, 2.05) is 12.2 Å². The van der Waals surface area contributed by atoms with Crippen LogP contribution in [0.2, 0.25) is 0 Å². The van der Waals surface area contributed by atoms with Gasteiger partial charge in [-0.15, -0.1) is 13.2 Å². The van der Waals surface area contributed by atoms with Gasteiger partial charge in [0, 0.05) is 19.8 Å². The number of hydrogen-bond acceptors (Lipinski definition) is 6. The summed E-state index contributed by atoms with van der Waals surface area (Å²) in [5.74, 6) is 0. The molecule has 0 saturated heterocycles. The predicted molar refractivity (Wildman–Crippen MR) is 150 cm³/mol. The quantitative estimate of drug-likeness (QED) is 0.0717. The lowest BCUT2D eigenvalue weighted by Gasteiger charge is -2.18. The van der Waals surface area contributed by atoms with E-state index in [4.69, 9.17) is 28.4 Å². The Kier molecular flexibility index (Phi) is 31.6. The average molecular weight is 515 g/mol. The molecule has 0 rings (SSSR count). The summed E-state index contributed by atoms with van der Waals surface area (Å²) in [5.41, 5.74) is 0. The monoisotopic (exact) mass is 514 g/mol. The fourth-order valence-corrected chi connectivity index (χ4v) is 3.57. The standard InChI is InChI=1S/C30H58O6/c1-4-7-9-11-13-15-17-20-34-28-30(36-21-18-16-14-12-10-8-5-2)29-35-27-26-33-25-24-32-23-22-31-19-6-3/h4-5,30H,1-2,6-29H2,3H3. The van der Waals surface area contributed by atoms with Gasteiger partial charge >= 0.3 is 0 Å². The first-order chi connectivity index (χ1) is 17.8. The molecule has 0 aromatic carbocycles. The number of rotatable bonds is 32. The molecule has 0 N–H and O–H groups in total. The number of allylic oxidation sites excluding steroid dienone is 2. The van der Waals surface area contributed by atoms with Gasteiger partial charge in [0.05, 0.1) is 52.9 Å². The molecule has 0 aliphatic rings. The first kappa shape index (κ1) is 35.2. The lowest BCUT2D eigenvalue weighted by atomic mass is 10.1. The normalized spacial score (nSPS) is 12.1. The minimum Gasteiger partial charge on any atom is -0.379 e. The Hall–Kier alpha value is -0.760. The van der Waals surface area contributed by atoms with Crippen LogP contribution in [0.15, 0.2) is 25.3 Å². The van der Waals surface area contributed by atoms with Crippen molar-refractivity contribution in [2.75, 3.05) is 72.7 Å². The van der Waals surface area contributed by atoms with Crippen LogP contribution in [-0.2, 0) is 28.4 Å². The van der Waals surface area contributed by atoms with Crippen molar-refractivity contribution in [3.05, 3.63) is 25.3 Å². The van der Waals surface area contributed by atoms with E-state index in [0.717, 1.165) is 51.9 Å². The van der Waals surface area contributed by atoms with E-state index in [9.17, 15) is 0 Å². The zero-order chi connectivity index (χ0) is 26.2. The van der Waals surface area contributed by atoms with Crippen LogP contribution >= 0.6 is 0 Å². The maximum Gasteiger partial charge on any atom is 0.104 e. The van der Waals surface area contributed by atoms with Crippen LogP contribution in [0.4, 0.5) is 0 Å². The first-order valence-corrected chi connectivity index (χ1v) is 14.6. The molecule has 0 heterocycles. The van der Waals surface area contributed by atoms with E-state index < -0.39 is 0 Å². The second-order valence-corrected chi connectivity index (χ2v) is 9.17. The Morgan fingerprint density at radius 2 is 0.889 bits per heavy atom. The topological polar surface area (TPSA) is 55.4 Å². The molecule has 0 aromatic heterocycles. The summed E-state index contributed by atoms with van der Waals surface area (Å²) in [6.07, 6.45) is 19.4. The van der Waals surface area contributed by atoms with Gasteiger partial charge in [-0.25, -0.2) is 0 Å². The number of ether oxygens (including phenoxy) is 6. The zero-order valence-corrected chi connectivity index (χ0v) is 23.6. The van der Waals surface area contributed by atoms with Gasteiger partial charge in [-0.05, 0) is 44.9 Å². The molecule has 1 atom stereocenters. The summed E-state index contributed by atoms with van der Waals surface area (Å²) >= 11 is 0. The summed E-state index contributed by atoms with van der Waals surface area (Å²) in [7, 11) is 0. The number of unbranched alkanes of at least 4 members (excludes halogenated alkanes) is 10. The fraction of sp³-hybridized carbons (Fsp3) is 0.867. The molecule has 214 valence electrons. The maximum absolute atomic E-state index is 6.09. The van der Waals surface area contributed by atoms with Crippen molar-refractivity contribution in [1.29, 1.82) is 0 Å². The third-order valence-corrected chi connectivity index (χ3v) is 5.68. The van der Waals surface area contributed by atoms with Crippen LogP contribution < -0.4 is 0 Å². The Balaban J connectivity index is 3.84. The highest BCUT2D eigenvalue weighted by atomic mass is 16.6. The van der Waals surface area contributed by atoms with Gasteiger partial charge in [0.15, 0.2) is 0 Å². The van der Waals surface area contributed by atoms with Crippen LogP contribution in [0.1, 0.15) is 90.4 Å². The van der Waals surface area contributed by atoms with Gasteiger partial charge in [0.1, 0.15) is 6.10 Å². The molecular formula is C30H58O6. The van der Waals surface area contributed by atoms with Gasteiger partial charge in [0.2, 0.25) is 0 Å². The molecular weight excluding hydrogens is 456 g/mol. The maximum atomic E-state index is 6.09. The van der Waals surface area contributed by atoms with Crippen molar-refractivity contribution < 1.29 is 28.4 Å². The van der Waals surface area contributed by atoms with Crippen LogP contribution in [0.3, 0.4) is 0 Å². The smallest absolute Gasteiger partial charge is 0.104 e. The fourth-order valence-electron chi connectivity index (χ4n) is 3.57. The highest BCUT2D eigenvalue weighted by Gasteiger charge is 2.10. The first-order valence-electron chi connectivity index (χ1n) is 14.6. The van der Waals surface area contributed by atoms with Gasteiger partial charge in [-0.3, -0.25) is 0 Å². The summed E-state index contributed by atoms with van der Waals surface area (Å²) in [6, 6.07) is 0. The summed E-state index contributed by atoms with van der Waals surface area (Å²) in [6.45, 7) is 16.6. The molecule has 1 unspecified atom stereocenters. The van der Waals surface area contributed by atoms with Crippen molar-refractivity contribution >= 4 is 0 Å². The van der Waals surface area contributed by atoms with Crippen LogP contribution in [0, 0.1) is 0 Å². The summed E-state index contributed by atoms with van der Waals surface area (Å²) in [4.78, 5) is 0. The molecule has 6 heteroatoms. The molecule has 0 aliphatic carbocycles. The van der Waals surface area contributed by atoms with Crippen LogP contribution in [-0.4, -0.2) is 78.8 Å². The van der Waals surface area contributed by atoms with Crippen LogP contribution in [0.25, 0.3) is 0 Å². The minimum absolute atomic E-state index is 0.0233. The largest absolute Gasteiger partial charge is 0.379 e. The Bertz CT molecular complexity index is 432. The molecule has 0 aliphatic heterocycles. The SMILES string of the molecule is C=CCCCCCCCOCC(COCCOCCOCCOCCC)OCCCCCCCC=C. The van der Waals surface area contributed by atoms with Crippen molar-refractivity contribution in [1.82, 2.24) is 0 Å². The van der Waals surface area contributed by atoms with Crippen molar-refractivity contribution in [2.45, 2.75) is 96.5 Å². The molecule has 0 fully saturated rings. The highest BCUT2D eigenvalue weighted by molar-refractivity contribution is 4.66.